The van der Waals surface area contributed by atoms with Gasteiger partial charge in [-0.3, -0.25) is 4.79 Å². The molecule has 2 atom stereocenters. The van der Waals surface area contributed by atoms with Crippen LogP contribution in [0.1, 0.15) is 29.6 Å². The first-order valence-corrected chi connectivity index (χ1v) is 11.5. The maximum atomic E-state index is 14.6. The summed E-state index contributed by atoms with van der Waals surface area (Å²) in [6, 6.07) is 12.7. The number of para-hydroxylation sites is 1. The number of benzene rings is 2. The van der Waals surface area contributed by atoms with E-state index in [0.717, 1.165) is 16.5 Å². The van der Waals surface area contributed by atoms with E-state index in [4.69, 9.17) is 17.3 Å². The predicted octanol–water partition coefficient (Wildman–Crippen LogP) is 5.26. The van der Waals surface area contributed by atoms with Gasteiger partial charge in [-0.1, -0.05) is 29.8 Å². The van der Waals surface area contributed by atoms with E-state index in [0.29, 0.717) is 28.4 Å². The molecule has 5 rings (SSSR count). The zero-order valence-corrected chi connectivity index (χ0v) is 19.3. The van der Waals surface area contributed by atoms with E-state index in [-0.39, 0.29) is 5.95 Å². The summed E-state index contributed by atoms with van der Waals surface area (Å²) >= 11 is 6.38. The molecule has 2 aromatic heterocycles. The maximum Gasteiger partial charge on any atom is 0.252 e. The van der Waals surface area contributed by atoms with Crippen molar-refractivity contribution >= 4 is 40.0 Å². The molecule has 2 aromatic carbocycles. The monoisotopic (exact) mass is 496 g/mol. The van der Waals surface area contributed by atoms with Crippen LogP contribution < -0.4 is 16.4 Å². The van der Waals surface area contributed by atoms with Crippen LogP contribution in [0.2, 0.25) is 5.02 Å². The molecule has 0 unspecified atom stereocenters. The molecule has 1 saturated carbocycles. The van der Waals surface area contributed by atoms with Crippen molar-refractivity contribution in [2.24, 2.45) is 0 Å². The number of amides is 1. The van der Waals surface area contributed by atoms with Crippen LogP contribution >= 0.6 is 11.6 Å². The molecule has 0 aliphatic heterocycles. The number of hydrogen-bond donors (Lipinski definition) is 4. The minimum absolute atomic E-state index is 0.195. The van der Waals surface area contributed by atoms with Crippen molar-refractivity contribution in [1.29, 1.82) is 0 Å². The average molecular weight is 497 g/mol. The number of nitrogens with zero attached hydrogens (tertiary/aromatic N) is 2. The Morgan fingerprint density at radius 1 is 1.11 bits per heavy atom. The molecule has 0 radical (unpaired) electrons. The fraction of sp³-hybridized carbons (Fsp3) is 0.240. The first kappa shape index (κ1) is 23.0. The molecule has 1 amide bonds. The zero-order valence-electron chi connectivity index (χ0n) is 18.6. The van der Waals surface area contributed by atoms with Crippen LogP contribution in [0.15, 0.2) is 60.9 Å². The lowest BCUT2D eigenvalue weighted by molar-refractivity contribution is -0.0467. The highest BCUT2D eigenvalue weighted by atomic mass is 35.5. The zero-order chi connectivity index (χ0) is 24.6. The Kier molecular flexibility index (Phi) is 6.02. The van der Waals surface area contributed by atoms with Crippen molar-refractivity contribution in [3.8, 4) is 11.3 Å². The number of alkyl halides is 2. The van der Waals surface area contributed by atoms with Crippen LogP contribution in [0.4, 0.5) is 20.4 Å². The van der Waals surface area contributed by atoms with Gasteiger partial charge >= 0.3 is 0 Å². The third-order valence-electron chi connectivity index (χ3n) is 6.09. The number of carbonyl (C=O) groups excluding carboxylic acids is 1. The Bertz CT molecular complexity index is 1370. The van der Waals surface area contributed by atoms with E-state index in [1.807, 2.05) is 24.3 Å². The number of aromatic amines is 1. The molecule has 1 aliphatic carbocycles. The fourth-order valence-electron chi connectivity index (χ4n) is 4.51. The Balaban J connectivity index is 1.34. The van der Waals surface area contributed by atoms with Crippen molar-refractivity contribution < 1.29 is 13.6 Å². The molecule has 4 aromatic rings. The molecule has 0 saturated heterocycles. The van der Waals surface area contributed by atoms with Gasteiger partial charge in [-0.15, -0.1) is 0 Å². The van der Waals surface area contributed by atoms with E-state index in [1.165, 1.54) is 6.20 Å². The second-order valence-electron chi connectivity index (χ2n) is 8.77. The van der Waals surface area contributed by atoms with Crippen LogP contribution in [0, 0.1) is 0 Å². The van der Waals surface area contributed by atoms with Crippen LogP contribution in [0.25, 0.3) is 22.2 Å². The number of nitrogen functional groups attached to an aromatic ring is 1. The van der Waals surface area contributed by atoms with Gasteiger partial charge < -0.3 is 21.4 Å². The van der Waals surface area contributed by atoms with Gasteiger partial charge in [-0.2, -0.15) is 0 Å². The van der Waals surface area contributed by atoms with E-state index < -0.39 is 36.8 Å². The standard InChI is InChI=1S/C25H23ClF2N6O/c26-20-13-31-24(34-22(20)19-12-30-21-4-2-1-3-18(19)21)33-17-9-16(10-25(27,28)11-17)32-23(35)14-5-7-15(29)8-6-14/h1-8,12-13,16-17,30H,9-11,29H2,(H,32,35)(H,31,33,34)/t16-,17+/m0/s1. The predicted molar refractivity (Wildman–Crippen MR) is 133 cm³/mol. The number of nitrogens with one attached hydrogen (secondary N) is 3. The van der Waals surface area contributed by atoms with E-state index in [9.17, 15) is 13.6 Å². The van der Waals surface area contributed by atoms with Crippen LogP contribution in [-0.4, -0.2) is 38.9 Å². The SMILES string of the molecule is Nc1ccc(C(=O)N[C@H]2C[C@@H](Nc3ncc(Cl)c(-c4c[nH]c5ccccc45)n3)CC(F)(F)C2)cc1. The second-order valence-corrected chi connectivity index (χ2v) is 9.18. The van der Waals surface area contributed by atoms with Crippen molar-refractivity contribution in [2.75, 3.05) is 11.1 Å². The quantitative estimate of drug-likeness (QED) is 0.282. The number of H-pyrrole nitrogens is 1. The lowest BCUT2D eigenvalue weighted by Gasteiger charge is -2.35. The summed E-state index contributed by atoms with van der Waals surface area (Å²) in [5, 5.41) is 7.04. The summed E-state index contributed by atoms with van der Waals surface area (Å²) in [6.07, 6.45) is 2.73. The van der Waals surface area contributed by atoms with Crippen molar-refractivity contribution in [2.45, 2.75) is 37.3 Å². The number of carbonyl (C=O) groups is 1. The van der Waals surface area contributed by atoms with Gasteiger partial charge in [0, 0.05) is 58.8 Å². The summed E-state index contributed by atoms with van der Waals surface area (Å²) in [7, 11) is 0. The van der Waals surface area contributed by atoms with Crippen LogP contribution in [0.5, 0.6) is 0 Å². The van der Waals surface area contributed by atoms with Crippen molar-refractivity contribution in [3.63, 3.8) is 0 Å². The smallest absolute Gasteiger partial charge is 0.252 e. The number of hydrogen-bond acceptors (Lipinski definition) is 5. The Labute approximate surface area is 205 Å². The van der Waals surface area contributed by atoms with Gasteiger partial charge in [-0.25, -0.2) is 18.7 Å². The van der Waals surface area contributed by atoms with Crippen LogP contribution in [-0.2, 0) is 0 Å². The van der Waals surface area contributed by atoms with E-state index in [2.05, 4.69) is 25.6 Å². The summed E-state index contributed by atoms with van der Waals surface area (Å²) in [5.74, 6) is -3.18. The molecular formula is C25H23ClF2N6O. The third kappa shape index (κ3) is 5.05. The number of halogens is 3. The molecule has 1 fully saturated rings. The summed E-state index contributed by atoms with van der Waals surface area (Å²) < 4.78 is 29.2. The normalized spacial score (nSPS) is 19.4. The summed E-state index contributed by atoms with van der Waals surface area (Å²) in [6.45, 7) is 0. The lowest BCUT2D eigenvalue weighted by atomic mass is 9.87. The van der Waals surface area contributed by atoms with Gasteiger partial charge in [0.2, 0.25) is 5.95 Å². The number of aromatic nitrogens is 3. The minimum Gasteiger partial charge on any atom is -0.399 e. The van der Waals surface area contributed by atoms with Gasteiger partial charge in [0.15, 0.2) is 0 Å². The first-order valence-electron chi connectivity index (χ1n) is 11.2. The van der Waals surface area contributed by atoms with Gasteiger partial charge in [0.25, 0.3) is 11.8 Å². The third-order valence-corrected chi connectivity index (χ3v) is 6.37. The van der Waals surface area contributed by atoms with E-state index >= 15 is 0 Å². The fourth-order valence-corrected chi connectivity index (χ4v) is 4.71. The molecule has 0 spiro atoms. The van der Waals surface area contributed by atoms with Gasteiger partial charge in [0.05, 0.1) is 16.9 Å². The van der Waals surface area contributed by atoms with Crippen LogP contribution in [0.3, 0.4) is 0 Å². The Morgan fingerprint density at radius 3 is 2.66 bits per heavy atom. The molecule has 1 aliphatic rings. The number of nitrogens with two attached hydrogens (primary N) is 1. The number of anilines is 2. The Hall–Kier alpha value is -3.72. The highest BCUT2D eigenvalue weighted by molar-refractivity contribution is 6.33. The minimum atomic E-state index is -2.96. The number of rotatable bonds is 5. The van der Waals surface area contributed by atoms with Crippen molar-refractivity contribution in [3.05, 3.63) is 71.5 Å². The molecule has 180 valence electrons. The topological polar surface area (TPSA) is 109 Å². The number of fused-ring (bicyclic) bond motifs is 1. The summed E-state index contributed by atoms with van der Waals surface area (Å²) in [4.78, 5) is 24.5. The maximum absolute atomic E-state index is 14.6. The van der Waals surface area contributed by atoms with Crippen molar-refractivity contribution in [1.82, 2.24) is 20.3 Å². The van der Waals surface area contributed by atoms with E-state index in [1.54, 1.807) is 30.5 Å². The largest absolute Gasteiger partial charge is 0.399 e. The molecular weight excluding hydrogens is 474 g/mol. The molecule has 0 bridgehead atoms. The van der Waals surface area contributed by atoms with Gasteiger partial charge in [0.1, 0.15) is 0 Å². The second kappa shape index (κ2) is 9.14. The highest BCUT2D eigenvalue weighted by Gasteiger charge is 2.42. The Morgan fingerprint density at radius 2 is 1.86 bits per heavy atom. The molecule has 10 heteroatoms. The molecule has 7 nitrogen and oxygen atoms in total. The lowest BCUT2D eigenvalue weighted by Crippen LogP contribution is -2.48. The average Bonchev–Trinajstić information content (AvgIpc) is 3.24. The molecule has 35 heavy (non-hydrogen) atoms. The molecule has 2 heterocycles. The highest BCUT2D eigenvalue weighted by Crippen LogP contribution is 2.36. The van der Waals surface area contributed by atoms with Gasteiger partial charge in [-0.05, 0) is 36.8 Å². The first-order chi connectivity index (χ1) is 16.8. The summed E-state index contributed by atoms with van der Waals surface area (Å²) in [5.41, 5.74) is 8.75. The molecule has 5 N–H and O–H groups in total.